The maximum atomic E-state index is 12.6. The highest BCUT2D eigenvalue weighted by Crippen LogP contribution is 2.43. The number of hydrogen-bond acceptors (Lipinski definition) is 9. The number of ether oxygens (including phenoxy) is 2. The van der Waals surface area contributed by atoms with Crippen molar-refractivity contribution in [1.29, 1.82) is 0 Å². The molecule has 0 radical (unpaired) electrons. The van der Waals surface area contributed by atoms with Gasteiger partial charge in [0, 0.05) is 12.8 Å². The van der Waals surface area contributed by atoms with E-state index in [9.17, 15) is 24.2 Å². The molecule has 0 saturated carbocycles. The van der Waals surface area contributed by atoms with E-state index in [4.69, 9.17) is 23.6 Å². The lowest BCUT2D eigenvalue weighted by molar-refractivity contribution is -0.161. The number of phosphoric ester groups is 1. The summed E-state index contributed by atoms with van der Waals surface area (Å²) in [6, 6.07) is 0. The van der Waals surface area contributed by atoms with Gasteiger partial charge in [-0.25, -0.2) is 4.57 Å². The van der Waals surface area contributed by atoms with Gasteiger partial charge in [-0.1, -0.05) is 206 Å². The van der Waals surface area contributed by atoms with Crippen LogP contribution in [-0.4, -0.2) is 65.7 Å². The molecule has 55 heavy (non-hydrogen) atoms. The fraction of sp³-hybridized carbons (Fsp3) is 0.955. The summed E-state index contributed by atoms with van der Waals surface area (Å²) in [6.07, 6.45) is 37.8. The fourth-order valence-electron chi connectivity index (χ4n) is 6.70. The van der Waals surface area contributed by atoms with E-state index in [2.05, 4.69) is 13.8 Å². The van der Waals surface area contributed by atoms with Gasteiger partial charge in [-0.15, -0.1) is 0 Å². The van der Waals surface area contributed by atoms with E-state index in [1.165, 1.54) is 161 Å². The number of hydrogen-bond donors (Lipinski definition) is 3. The molecule has 0 saturated heterocycles. The van der Waals surface area contributed by atoms with Crippen molar-refractivity contribution in [1.82, 2.24) is 0 Å². The van der Waals surface area contributed by atoms with Gasteiger partial charge >= 0.3 is 19.8 Å². The summed E-state index contributed by atoms with van der Waals surface area (Å²) >= 11 is 0. The topological polar surface area (TPSA) is 149 Å². The normalized spacial score (nSPS) is 13.8. The van der Waals surface area contributed by atoms with E-state index in [0.29, 0.717) is 12.8 Å². The highest BCUT2D eigenvalue weighted by atomic mass is 31.2. The van der Waals surface area contributed by atoms with Crippen LogP contribution in [0.3, 0.4) is 0 Å². The minimum atomic E-state index is -4.61. The zero-order valence-corrected chi connectivity index (χ0v) is 36.6. The van der Waals surface area contributed by atoms with E-state index >= 15 is 0 Å². The van der Waals surface area contributed by atoms with Gasteiger partial charge in [0.2, 0.25) is 0 Å². The van der Waals surface area contributed by atoms with Crippen LogP contribution >= 0.6 is 7.82 Å². The number of unbranched alkanes of at least 4 members (excludes halogenated alkanes) is 30. The van der Waals surface area contributed by atoms with Gasteiger partial charge in [0.15, 0.2) is 6.10 Å². The number of rotatable bonds is 44. The summed E-state index contributed by atoms with van der Waals surface area (Å²) in [5.74, 6) is -0.907. The molecule has 0 aromatic heterocycles. The minimum absolute atomic E-state index is 0.192. The van der Waals surface area contributed by atoms with Crippen molar-refractivity contribution in [2.75, 3.05) is 26.4 Å². The average molecular weight is 807 g/mol. The highest BCUT2D eigenvalue weighted by molar-refractivity contribution is 7.47. The molecule has 0 aliphatic carbocycles. The maximum Gasteiger partial charge on any atom is 0.472 e. The standard InChI is InChI=1S/C44H87O10P/c1-3-5-7-9-11-13-15-17-19-20-21-22-24-25-27-29-31-33-35-43(47)51-39-42(40-53-55(49,50)52-38-41(46)37-45)54-44(48)36-34-32-30-28-26-23-18-16-14-12-10-8-6-4-2/h41-42,45-46H,3-40H2,1-2H3,(H,49,50)/t41-,42+/m1/s1. The molecule has 10 nitrogen and oxygen atoms in total. The zero-order chi connectivity index (χ0) is 40.5. The molecule has 11 heteroatoms. The quantitative estimate of drug-likeness (QED) is 0.0308. The summed E-state index contributed by atoms with van der Waals surface area (Å²) in [5.41, 5.74) is 0. The van der Waals surface area contributed by atoms with Crippen LogP contribution < -0.4 is 0 Å². The molecule has 0 fully saturated rings. The smallest absolute Gasteiger partial charge is 0.462 e. The minimum Gasteiger partial charge on any atom is -0.462 e. The molecule has 0 heterocycles. The highest BCUT2D eigenvalue weighted by Gasteiger charge is 2.27. The summed E-state index contributed by atoms with van der Waals surface area (Å²) in [6.45, 7) is 2.43. The van der Waals surface area contributed by atoms with Crippen molar-refractivity contribution < 1.29 is 47.8 Å². The van der Waals surface area contributed by atoms with Crippen LogP contribution in [0.4, 0.5) is 0 Å². The Kier molecular flexibility index (Phi) is 40.4. The van der Waals surface area contributed by atoms with E-state index in [1.54, 1.807) is 0 Å². The Balaban J connectivity index is 4.19. The Hall–Kier alpha value is -1.03. The summed E-state index contributed by atoms with van der Waals surface area (Å²) in [5, 5.41) is 18.3. The lowest BCUT2D eigenvalue weighted by atomic mass is 10.0. The number of carbonyl (C=O) groups is 2. The second-order valence-corrected chi connectivity index (χ2v) is 17.3. The molecule has 0 rings (SSSR count). The number of carbonyl (C=O) groups excluding carboxylic acids is 2. The van der Waals surface area contributed by atoms with Crippen LogP contribution in [0.25, 0.3) is 0 Å². The van der Waals surface area contributed by atoms with Gasteiger partial charge in [0.25, 0.3) is 0 Å². The van der Waals surface area contributed by atoms with Gasteiger partial charge in [0.05, 0.1) is 19.8 Å². The van der Waals surface area contributed by atoms with Gasteiger partial charge in [-0.2, -0.15) is 0 Å². The lowest BCUT2D eigenvalue weighted by Gasteiger charge is -2.20. The van der Waals surface area contributed by atoms with Crippen LogP contribution in [0.2, 0.25) is 0 Å². The van der Waals surface area contributed by atoms with Crippen LogP contribution in [0.5, 0.6) is 0 Å². The molecule has 1 unspecified atom stereocenters. The summed E-state index contributed by atoms with van der Waals surface area (Å²) < 4.78 is 32.8. The van der Waals surface area contributed by atoms with Crippen LogP contribution in [-0.2, 0) is 32.7 Å². The molecule has 0 bridgehead atoms. The molecule has 328 valence electrons. The first-order chi connectivity index (χ1) is 26.7. The third kappa shape index (κ3) is 40.9. The number of aliphatic hydroxyl groups is 2. The fourth-order valence-corrected chi connectivity index (χ4v) is 7.49. The molecular formula is C44H87O10P. The summed E-state index contributed by atoms with van der Waals surface area (Å²) in [7, 11) is -4.61. The predicted molar refractivity (Wildman–Crippen MR) is 224 cm³/mol. The molecule has 0 spiro atoms. The van der Waals surface area contributed by atoms with Gasteiger partial charge in [-0.3, -0.25) is 18.6 Å². The Bertz CT molecular complexity index is 889. The van der Waals surface area contributed by atoms with E-state index in [-0.39, 0.29) is 19.4 Å². The van der Waals surface area contributed by atoms with Crippen LogP contribution in [0, 0.1) is 0 Å². The number of aliphatic hydroxyl groups excluding tert-OH is 2. The van der Waals surface area contributed by atoms with Crippen molar-refractivity contribution in [3.05, 3.63) is 0 Å². The van der Waals surface area contributed by atoms with Crippen molar-refractivity contribution in [2.45, 2.75) is 244 Å². The first kappa shape index (κ1) is 54.0. The number of esters is 2. The second kappa shape index (κ2) is 41.1. The Labute approximate surface area is 337 Å². The van der Waals surface area contributed by atoms with Crippen molar-refractivity contribution in [3.63, 3.8) is 0 Å². The molecular weight excluding hydrogens is 719 g/mol. The Morgan fingerprint density at radius 1 is 0.473 bits per heavy atom. The largest absolute Gasteiger partial charge is 0.472 e. The summed E-state index contributed by atoms with van der Waals surface area (Å²) in [4.78, 5) is 35.0. The van der Waals surface area contributed by atoms with E-state index < -0.39 is 51.8 Å². The second-order valence-electron chi connectivity index (χ2n) is 15.8. The van der Waals surface area contributed by atoms with Crippen molar-refractivity contribution in [3.8, 4) is 0 Å². The first-order valence-corrected chi connectivity index (χ1v) is 24.5. The number of phosphoric acid groups is 1. The Morgan fingerprint density at radius 2 is 0.782 bits per heavy atom. The molecule has 0 aliphatic rings. The van der Waals surface area contributed by atoms with Gasteiger partial charge < -0.3 is 24.6 Å². The van der Waals surface area contributed by atoms with Gasteiger partial charge in [0.1, 0.15) is 12.7 Å². The monoisotopic (exact) mass is 807 g/mol. The molecule has 0 aromatic carbocycles. The zero-order valence-electron chi connectivity index (χ0n) is 35.7. The SMILES string of the molecule is CCCCCCCCCCCCCCCCCCCCC(=O)OC[C@@H](COP(=O)(O)OC[C@H](O)CO)OC(=O)CCCCCCCCCCCCCCCC. The first-order valence-electron chi connectivity index (χ1n) is 23.0. The predicted octanol–water partition coefficient (Wildman–Crippen LogP) is 12.2. The van der Waals surface area contributed by atoms with Crippen LogP contribution in [0.1, 0.15) is 232 Å². The lowest BCUT2D eigenvalue weighted by Crippen LogP contribution is -2.29. The molecule has 3 N–H and O–H groups in total. The molecule has 0 aromatic rings. The third-order valence-corrected chi connectivity index (χ3v) is 11.2. The maximum absolute atomic E-state index is 12.6. The van der Waals surface area contributed by atoms with Crippen LogP contribution in [0.15, 0.2) is 0 Å². The average Bonchev–Trinajstić information content (AvgIpc) is 3.17. The van der Waals surface area contributed by atoms with Gasteiger partial charge in [-0.05, 0) is 12.8 Å². The Morgan fingerprint density at radius 3 is 1.13 bits per heavy atom. The molecule has 3 atom stereocenters. The van der Waals surface area contributed by atoms with E-state index in [0.717, 1.165) is 32.1 Å². The molecule has 0 amide bonds. The van der Waals surface area contributed by atoms with E-state index in [1.807, 2.05) is 0 Å². The molecule has 0 aliphatic heterocycles. The van der Waals surface area contributed by atoms with Crippen molar-refractivity contribution >= 4 is 19.8 Å². The van der Waals surface area contributed by atoms with Crippen molar-refractivity contribution in [2.24, 2.45) is 0 Å². The third-order valence-electron chi connectivity index (χ3n) is 10.3.